The number of ether oxygens (including phenoxy) is 2. The van der Waals surface area contributed by atoms with Gasteiger partial charge in [-0.2, -0.15) is 0 Å². The van der Waals surface area contributed by atoms with E-state index in [2.05, 4.69) is 13.8 Å². The first-order chi connectivity index (χ1) is 10.0. The van der Waals surface area contributed by atoms with Crippen LogP contribution in [0.25, 0.3) is 0 Å². The second-order valence-electron chi connectivity index (χ2n) is 5.77. The highest BCUT2D eigenvalue weighted by molar-refractivity contribution is 5.34. The maximum atomic E-state index is 13.3. The first-order valence-corrected chi connectivity index (χ1v) is 7.77. The van der Waals surface area contributed by atoms with Gasteiger partial charge in [-0.25, -0.2) is 4.39 Å². The van der Waals surface area contributed by atoms with Crippen LogP contribution >= 0.6 is 0 Å². The molecule has 0 aromatic heterocycles. The zero-order valence-corrected chi connectivity index (χ0v) is 13.4. The number of benzene rings is 1. The third kappa shape index (κ3) is 7.44. The third-order valence-electron chi connectivity index (χ3n) is 3.35. The minimum atomic E-state index is -0.256. The largest absolute Gasteiger partial charge is 0.491 e. The van der Waals surface area contributed by atoms with E-state index in [1.807, 2.05) is 6.92 Å². The molecule has 4 heteroatoms. The molecule has 0 radical (unpaired) electrons. The SMILES string of the molecule is CCC(N)Cc1cc(F)ccc1OCCOCCC(C)C. The van der Waals surface area contributed by atoms with E-state index < -0.39 is 0 Å². The van der Waals surface area contributed by atoms with Crippen molar-refractivity contribution in [2.45, 2.75) is 46.1 Å². The van der Waals surface area contributed by atoms with E-state index in [9.17, 15) is 4.39 Å². The molecular weight excluding hydrogens is 269 g/mol. The van der Waals surface area contributed by atoms with Crippen LogP contribution in [0.1, 0.15) is 39.2 Å². The van der Waals surface area contributed by atoms with Crippen molar-refractivity contribution in [3.8, 4) is 5.75 Å². The molecule has 0 spiro atoms. The average molecular weight is 297 g/mol. The molecule has 21 heavy (non-hydrogen) atoms. The summed E-state index contributed by atoms with van der Waals surface area (Å²) in [6, 6.07) is 4.61. The Morgan fingerprint density at radius 2 is 1.95 bits per heavy atom. The van der Waals surface area contributed by atoms with E-state index in [0.717, 1.165) is 25.0 Å². The Bertz CT molecular complexity index is 410. The van der Waals surface area contributed by atoms with E-state index in [4.69, 9.17) is 15.2 Å². The summed E-state index contributed by atoms with van der Waals surface area (Å²) in [5, 5.41) is 0. The van der Waals surface area contributed by atoms with E-state index in [1.54, 1.807) is 6.07 Å². The summed E-state index contributed by atoms with van der Waals surface area (Å²) in [5.74, 6) is 1.09. The van der Waals surface area contributed by atoms with E-state index in [-0.39, 0.29) is 11.9 Å². The highest BCUT2D eigenvalue weighted by Gasteiger charge is 2.09. The molecule has 0 aliphatic heterocycles. The van der Waals surface area contributed by atoms with E-state index in [0.29, 0.717) is 31.3 Å². The van der Waals surface area contributed by atoms with Crippen LogP contribution in [0.4, 0.5) is 4.39 Å². The van der Waals surface area contributed by atoms with Gasteiger partial charge in [-0.15, -0.1) is 0 Å². The lowest BCUT2D eigenvalue weighted by atomic mass is 10.0. The Morgan fingerprint density at radius 3 is 2.62 bits per heavy atom. The second kappa shape index (κ2) is 9.74. The van der Waals surface area contributed by atoms with Crippen molar-refractivity contribution in [1.29, 1.82) is 0 Å². The second-order valence-corrected chi connectivity index (χ2v) is 5.77. The van der Waals surface area contributed by atoms with Crippen molar-refractivity contribution in [2.24, 2.45) is 11.7 Å². The normalized spacial score (nSPS) is 12.7. The molecule has 1 atom stereocenters. The summed E-state index contributed by atoms with van der Waals surface area (Å²) in [4.78, 5) is 0. The Labute approximate surface area is 127 Å². The summed E-state index contributed by atoms with van der Waals surface area (Å²) in [6.45, 7) is 8.12. The fourth-order valence-corrected chi connectivity index (χ4v) is 1.91. The van der Waals surface area contributed by atoms with Crippen LogP contribution in [0.15, 0.2) is 18.2 Å². The monoisotopic (exact) mass is 297 g/mol. The average Bonchev–Trinajstić information content (AvgIpc) is 2.44. The van der Waals surface area contributed by atoms with Gasteiger partial charge in [0.15, 0.2) is 0 Å². The third-order valence-corrected chi connectivity index (χ3v) is 3.35. The topological polar surface area (TPSA) is 44.5 Å². The number of halogens is 1. The van der Waals surface area contributed by atoms with Crippen molar-refractivity contribution in [3.05, 3.63) is 29.6 Å². The van der Waals surface area contributed by atoms with Crippen LogP contribution in [0, 0.1) is 11.7 Å². The van der Waals surface area contributed by atoms with Crippen molar-refractivity contribution in [1.82, 2.24) is 0 Å². The lowest BCUT2D eigenvalue weighted by Gasteiger charge is -2.15. The van der Waals surface area contributed by atoms with Crippen LogP contribution in [0.5, 0.6) is 5.75 Å². The van der Waals surface area contributed by atoms with Crippen LogP contribution in [0.2, 0.25) is 0 Å². The molecule has 3 nitrogen and oxygen atoms in total. The van der Waals surface area contributed by atoms with Gasteiger partial charge in [0.2, 0.25) is 0 Å². The zero-order valence-electron chi connectivity index (χ0n) is 13.4. The fraction of sp³-hybridized carbons (Fsp3) is 0.647. The summed E-state index contributed by atoms with van der Waals surface area (Å²) in [5.41, 5.74) is 6.77. The van der Waals surface area contributed by atoms with Gasteiger partial charge in [-0.3, -0.25) is 0 Å². The van der Waals surface area contributed by atoms with Gasteiger partial charge < -0.3 is 15.2 Å². The molecule has 0 fully saturated rings. The number of hydrogen-bond acceptors (Lipinski definition) is 3. The fourth-order valence-electron chi connectivity index (χ4n) is 1.91. The molecule has 0 amide bonds. The number of hydrogen-bond donors (Lipinski definition) is 1. The number of rotatable bonds is 10. The highest BCUT2D eigenvalue weighted by atomic mass is 19.1. The van der Waals surface area contributed by atoms with Gasteiger partial charge in [0, 0.05) is 12.6 Å². The Kier molecular flexibility index (Phi) is 8.31. The molecule has 1 rings (SSSR count). The molecule has 0 aliphatic carbocycles. The summed E-state index contributed by atoms with van der Waals surface area (Å²) < 4.78 is 24.6. The van der Waals surface area contributed by atoms with Gasteiger partial charge in [-0.1, -0.05) is 20.8 Å². The Balaban J connectivity index is 2.43. The molecule has 120 valence electrons. The van der Waals surface area contributed by atoms with Crippen molar-refractivity contribution in [2.75, 3.05) is 19.8 Å². The van der Waals surface area contributed by atoms with Crippen LogP contribution < -0.4 is 10.5 Å². The smallest absolute Gasteiger partial charge is 0.123 e. The number of nitrogens with two attached hydrogens (primary N) is 1. The Hall–Kier alpha value is -1.13. The van der Waals surface area contributed by atoms with E-state index in [1.165, 1.54) is 12.1 Å². The molecular formula is C17H28FNO2. The predicted molar refractivity (Wildman–Crippen MR) is 84.1 cm³/mol. The standard InChI is InChI=1S/C17H28FNO2/c1-4-16(19)12-14-11-15(18)5-6-17(14)21-10-9-20-8-7-13(2)3/h5-6,11,13,16H,4,7-10,12,19H2,1-3H3. The van der Waals surface area contributed by atoms with E-state index >= 15 is 0 Å². The van der Waals surface area contributed by atoms with Gasteiger partial charge in [0.1, 0.15) is 18.2 Å². The molecule has 1 aromatic rings. The molecule has 1 aromatic carbocycles. The van der Waals surface area contributed by atoms with Crippen molar-refractivity contribution >= 4 is 0 Å². The van der Waals surface area contributed by atoms with Crippen LogP contribution in [0.3, 0.4) is 0 Å². The van der Waals surface area contributed by atoms with Gasteiger partial charge in [0.25, 0.3) is 0 Å². The quantitative estimate of drug-likeness (QED) is 0.672. The van der Waals surface area contributed by atoms with Gasteiger partial charge >= 0.3 is 0 Å². The molecule has 0 saturated carbocycles. The minimum Gasteiger partial charge on any atom is -0.491 e. The highest BCUT2D eigenvalue weighted by Crippen LogP contribution is 2.21. The molecule has 2 N–H and O–H groups in total. The summed E-state index contributed by atoms with van der Waals surface area (Å²) >= 11 is 0. The predicted octanol–water partition coefficient (Wildman–Crippen LogP) is 3.55. The molecule has 0 heterocycles. The Morgan fingerprint density at radius 1 is 1.19 bits per heavy atom. The van der Waals surface area contributed by atoms with Crippen LogP contribution in [-0.2, 0) is 11.2 Å². The molecule has 1 unspecified atom stereocenters. The maximum absolute atomic E-state index is 13.3. The van der Waals surface area contributed by atoms with Gasteiger partial charge in [0.05, 0.1) is 6.61 Å². The van der Waals surface area contributed by atoms with Crippen LogP contribution in [-0.4, -0.2) is 25.9 Å². The lowest BCUT2D eigenvalue weighted by Crippen LogP contribution is -2.22. The lowest BCUT2D eigenvalue weighted by molar-refractivity contribution is 0.0922. The van der Waals surface area contributed by atoms with Gasteiger partial charge in [-0.05, 0) is 48.9 Å². The molecule has 0 bridgehead atoms. The first kappa shape index (κ1) is 17.9. The van der Waals surface area contributed by atoms with Crippen molar-refractivity contribution in [3.63, 3.8) is 0 Å². The maximum Gasteiger partial charge on any atom is 0.123 e. The summed E-state index contributed by atoms with van der Waals surface area (Å²) in [7, 11) is 0. The zero-order chi connectivity index (χ0) is 15.7. The summed E-state index contributed by atoms with van der Waals surface area (Å²) in [6.07, 6.45) is 2.53. The van der Waals surface area contributed by atoms with Crippen molar-refractivity contribution < 1.29 is 13.9 Å². The minimum absolute atomic E-state index is 0.0245. The molecule has 0 aliphatic rings. The molecule has 0 saturated heterocycles. The first-order valence-electron chi connectivity index (χ1n) is 7.77.